The second-order valence-electron chi connectivity index (χ2n) is 6.74. The highest BCUT2D eigenvalue weighted by Crippen LogP contribution is 2.37. The van der Waals surface area contributed by atoms with Crippen molar-refractivity contribution in [3.05, 3.63) is 58.6 Å². The summed E-state index contributed by atoms with van der Waals surface area (Å²) in [5.74, 6) is -0.477. The number of piperidine rings is 1. The normalized spacial score (nSPS) is 15.8. The minimum atomic E-state index is -4.52. The van der Waals surface area contributed by atoms with Crippen LogP contribution in [0.4, 0.5) is 13.2 Å². The van der Waals surface area contributed by atoms with Crippen LogP contribution in [0.25, 0.3) is 11.0 Å². The van der Waals surface area contributed by atoms with Crippen molar-refractivity contribution < 1.29 is 18.0 Å². The summed E-state index contributed by atoms with van der Waals surface area (Å²) in [7, 11) is 0. The van der Waals surface area contributed by atoms with Crippen LogP contribution in [-0.4, -0.2) is 43.9 Å². The number of thioether (sulfide) groups is 1. The fourth-order valence-corrected chi connectivity index (χ4v) is 4.28. The number of para-hydroxylation sites is 2. The van der Waals surface area contributed by atoms with E-state index in [0.29, 0.717) is 25.9 Å². The van der Waals surface area contributed by atoms with Crippen LogP contribution in [-0.2, 0) is 0 Å². The lowest BCUT2D eigenvalue weighted by Crippen LogP contribution is -2.40. The van der Waals surface area contributed by atoms with Crippen LogP contribution in [0.3, 0.4) is 0 Å². The molecule has 29 heavy (non-hydrogen) atoms. The Hall–Kier alpha value is -2.75. The van der Waals surface area contributed by atoms with Crippen molar-refractivity contribution in [1.29, 1.82) is 0 Å². The molecule has 1 fully saturated rings. The number of carbonyl (C=O) groups is 1. The molecule has 1 aliphatic rings. The number of hydrogen-bond donors (Lipinski definition) is 1. The summed E-state index contributed by atoms with van der Waals surface area (Å²) in [6.07, 6.45) is 2.31. The minimum Gasteiger partial charge on any atom is -0.338 e. The molecule has 4 rings (SSSR count). The number of H-pyrrole nitrogens is 1. The molecule has 10 heteroatoms. The van der Waals surface area contributed by atoms with Gasteiger partial charge < -0.3 is 9.88 Å². The number of aromatic nitrogens is 3. The van der Waals surface area contributed by atoms with Crippen molar-refractivity contribution in [3.8, 4) is 0 Å². The largest absolute Gasteiger partial charge is 0.447 e. The summed E-state index contributed by atoms with van der Waals surface area (Å²) in [6, 6.07) is 10.1. The molecule has 0 radical (unpaired) electrons. The molecule has 0 aliphatic carbocycles. The van der Waals surface area contributed by atoms with Crippen LogP contribution >= 0.6 is 11.8 Å². The molecule has 1 saturated heterocycles. The number of nitrogens with one attached hydrogen (secondary N) is 1. The van der Waals surface area contributed by atoms with E-state index < -0.39 is 11.4 Å². The average Bonchev–Trinajstić information content (AvgIpc) is 3.02. The predicted molar refractivity (Wildman–Crippen MR) is 103 cm³/mol. The van der Waals surface area contributed by atoms with Crippen molar-refractivity contribution in [3.63, 3.8) is 0 Å². The van der Waals surface area contributed by atoms with Gasteiger partial charge in [0.15, 0.2) is 0 Å². The van der Waals surface area contributed by atoms with E-state index in [1.807, 2.05) is 24.3 Å². The van der Waals surface area contributed by atoms with E-state index in [0.717, 1.165) is 11.0 Å². The molecule has 0 bridgehead atoms. The first-order valence-electron chi connectivity index (χ1n) is 9.03. The summed E-state index contributed by atoms with van der Waals surface area (Å²) in [6.45, 7) is 0.695. The summed E-state index contributed by atoms with van der Waals surface area (Å²) < 4.78 is 40.0. The van der Waals surface area contributed by atoms with Crippen molar-refractivity contribution >= 4 is 28.7 Å². The van der Waals surface area contributed by atoms with Crippen LogP contribution < -0.4 is 5.69 Å². The molecule has 1 N–H and O–H groups in total. The number of carbonyl (C=O) groups excluding carboxylic acids is 1. The van der Waals surface area contributed by atoms with Gasteiger partial charge in [-0.15, -0.1) is 0 Å². The number of aromatic amines is 1. The Kier molecular flexibility index (Phi) is 5.12. The van der Waals surface area contributed by atoms with Crippen LogP contribution in [0.1, 0.15) is 29.2 Å². The number of nitrogens with zero attached hydrogens (tertiary/aromatic N) is 3. The molecule has 1 amide bonds. The first-order chi connectivity index (χ1) is 13.8. The summed E-state index contributed by atoms with van der Waals surface area (Å²) in [5.41, 5.74) is -3.23. The Balaban J connectivity index is 1.51. The van der Waals surface area contributed by atoms with E-state index >= 15 is 0 Å². The quantitative estimate of drug-likeness (QED) is 0.652. The zero-order valence-corrected chi connectivity index (χ0v) is 16.0. The number of fused-ring (bicyclic) bond motifs is 1. The third-order valence-electron chi connectivity index (χ3n) is 4.95. The molecular weight excluding hydrogens is 405 g/mol. The fraction of sp³-hybridized carbons (Fsp3) is 0.316. The Morgan fingerprint density at radius 3 is 2.59 bits per heavy atom. The second-order valence-corrected chi connectivity index (χ2v) is 7.80. The van der Waals surface area contributed by atoms with E-state index in [4.69, 9.17) is 0 Å². The number of rotatable bonds is 3. The van der Waals surface area contributed by atoms with Gasteiger partial charge in [0.1, 0.15) is 5.03 Å². The average molecular weight is 422 g/mol. The molecule has 0 spiro atoms. The van der Waals surface area contributed by atoms with Crippen molar-refractivity contribution in [1.82, 2.24) is 19.4 Å². The van der Waals surface area contributed by atoms with Crippen LogP contribution in [0.2, 0.25) is 0 Å². The van der Waals surface area contributed by atoms with Gasteiger partial charge in [-0.1, -0.05) is 12.1 Å². The fourth-order valence-electron chi connectivity index (χ4n) is 3.68. The van der Waals surface area contributed by atoms with Gasteiger partial charge >= 0.3 is 11.2 Å². The summed E-state index contributed by atoms with van der Waals surface area (Å²) >= 11 is -0.387. The highest BCUT2D eigenvalue weighted by molar-refractivity contribution is 8.00. The number of hydrogen-bond acceptors (Lipinski definition) is 4. The van der Waals surface area contributed by atoms with Crippen LogP contribution in [0.5, 0.6) is 0 Å². The molecule has 2 aromatic heterocycles. The van der Waals surface area contributed by atoms with E-state index in [9.17, 15) is 22.8 Å². The number of pyridine rings is 1. The third kappa shape index (κ3) is 4.02. The molecule has 0 saturated carbocycles. The maximum absolute atomic E-state index is 12.8. The maximum atomic E-state index is 12.8. The lowest BCUT2D eigenvalue weighted by molar-refractivity contribution is -0.0329. The minimum absolute atomic E-state index is 0.0578. The van der Waals surface area contributed by atoms with Crippen molar-refractivity contribution in [2.24, 2.45) is 0 Å². The lowest BCUT2D eigenvalue weighted by Gasteiger charge is -2.32. The Morgan fingerprint density at radius 2 is 1.86 bits per heavy atom. The lowest BCUT2D eigenvalue weighted by atomic mass is 10.0. The molecule has 0 atom stereocenters. The van der Waals surface area contributed by atoms with Gasteiger partial charge in [-0.3, -0.25) is 9.36 Å². The van der Waals surface area contributed by atoms with Gasteiger partial charge in [0, 0.05) is 37.1 Å². The smallest absolute Gasteiger partial charge is 0.338 e. The maximum Gasteiger partial charge on any atom is 0.447 e. The second kappa shape index (κ2) is 7.58. The molecule has 6 nitrogen and oxygen atoms in total. The zero-order valence-electron chi connectivity index (χ0n) is 15.1. The molecule has 1 aromatic carbocycles. The van der Waals surface area contributed by atoms with E-state index in [2.05, 4.69) is 9.97 Å². The number of benzene rings is 1. The summed E-state index contributed by atoms with van der Waals surface area (Å²) in [5, 5.41) is -0.347. The van der Waals surface area contributed by atoms with E-state index in [1.54, 1.807) is 4.57 Å². The Bertz CT molecular complexity index is 1100. The monoisotopic (exact) mass is 422 g/mol. The number of alkyl halides is 3. The molecule has 1 aliphatic heterocycles. The van der Waals surface area contributed by atoms with Crippen LogP contribution in [0.15, 0.2) is 52.4 Å². The highest BCUT2D eigenvalue weighted by atomic mass is 32.2. The van der Waals surface area contributed by atoms with Crippen LogP contribution in [0, 0.1) is 0 Å². The van der Waals surface area contributed by atoms with Gasteiger partial charge in [0.25, 0.3) is 5.91 Å². The van der Waals surface area contributed by atoms with Gasteiger partial charge in [-0.05, 0) is 37.1 Å². The Labute approximate surface area is 167 Å². The molecule has 3 heterocycles. The first-order valence-corrected chi connectivity index (χ1v) is 9.84. The molecule has 3 aromatic rings. The molecule has 0 unspecified atom stereocenters. The van der Waals surface area contributed by atoms with Gasteiger partial charge in [-0.2, -0.15) is 13.2 Å². The third-order valence-corrected chi connectivity index (χ3v) is 5.70. The number of likely N-dealkylation sites (tertiary alicyclic amines) is 1. The molecular formula is C19H17F3N4O2S. The number of halogens is 3. The highest BCUT2D eigenvalue weighted by Gasteiger charge is 2.34. The van der Waals surface area contributed by atoms with E-state index in [1.165, 1.54) is 23.2 Å². The van der Waals surface area contributed by atoms with Gasteiger partial charge in [-0.25, -0.2) is 9.78 Å². The Morgan fingerprint density at radius 1 is 1.14 bits per heavy atom. The number of amides is 1. The predicted octanol–water partition coefficient (Wildman–Crippen LogP) is 3.81. The van der Waals surface area contributed by atoms with Gasteiger partial charge in [0.2, 0.25) is 0 Å². The van der Waals surface area contributed by atoms with Crippen molar-refractivity contribution in [2.75, 3.05) is 13.1 Å². The first kappa shape index (κ1) is 19.6. The van der Waals surface area contributed by atoms with E-state index in [-0.39, 0.29) is 34.1 Å². The molecule has 152 valence electrons. The van der Waals surface area contributed by atoms with Gasteiger partial charge in [0.05, 0.1) is 16.6 Å². The standard InChI is InChI=1S/C19H17F3N4O2S/c20-19(21,22)29-16-13(4-3-9-23-16)17(27)25-10-7-12(8-11-25)26-15-6-2-1-5-14(15)24-18(26)28/h1-6,9,12H,7-8,10-11H2,(H,24,28). The zero-order chi connectivity index (χ0) is 20.6. The van der Waals surface area contributed by atoms with Crippen molar-refractivity contribution in [2.45, 2.75) is 29.4 Å². The number of imidazole rings is 1. The topological polar surface area (TPSA) is 71.0 Å². The SMILES string of the molecule is O=C(c1cccnc1SC(F)(F)F)N1CCC(n2c(=O)[nH]c3ccccc32)CC1. The summed E-state index contributed by atoms with van der Waals surface area (Å²) in [4.78, 5) is 33.2.